The lowest BCUT2D eigenvalue weighted by Crippen LogP contribution is -2.70. The molecule has 0 bridgehead atoms. The van der Waals surface area contributed by atoms with E-state index in [-0.39, 0.29) is 23.7 Å². The van der Waals surface area contributed by atoms with Gasteiger partial charge in [0.25, 0.3) is 0 Å². The molecular weight excluding hydrogens is 326 g/mol. The Morgan fingerprint density at radius 3 is 1.56 bits per heavy atom. The smallest absolute Gasteiger partial charge is 0.229 e. The molecule has 0 aromatic heterocycles. The highest BCUT2D eigenvalue weighted by Crippen LogP contribution is 2.37. The van der Waals surface area contributed by atoms with Crippen LogP contribution < -0.4 is 10.4 Å². The van der Waals surface area contributed by atoms with Crippen LogP contribution >= 0.6 is 0 Å². The Morgan fingerprint density at radius 1 is 0.760 bits per heavy atom. The van der Waals surface area contributed by atoms with Crippen LogP contribution in [-0.2, 0) is 9.59 Å². The summed E-state index contributed by atoms with van der Waals surface area (Å²) in [6.45, 7) is 2.12. The highest BCUT2D eigenvalue weighted by atomic mass is 28.3. The summed E-state index contributed by atoms with van der Waals surface area (Å²) in [7, 11) is -2.68. The van der Waals surface area contributed by atoms with E-state index >= 15 is 0 Å². The van der Waals surface area contributed by atoms with E-state index in [4.69, 9.17) is 0 Å². The molecule has 1 fully saturated rings. The maximum Gasteiger partial charge on any atom is 0.229 e. The summed E-state index contributed by atoms with van der Waals surface area (Å²) in [6, 6.07) is 20.1. The number of amides is 2. The van der Waals surface area contributed by atoms with Crippen LogP contribution in [0.2, 0.25) is 6.55 Å². The lowest BCUT2D eigenvalue weighted by molar-refractivity contribution is -0.134. The average Bonchev–Trinajstić information content (AvgIpc) is 2.94. The van der Waals surface area contributed by atoms with Crippen LogP contribution in [0.25, 0.3) is 0 Å². The number of rotatable bonds is 3. The summed E-state index contributed by atoms with van der Waals surface area (Å²) in [4.78, 5) is 26.5. The Labute approximate surface area is 149 Å². The van der Waals surface area contributed by atoms with E-state index < -0.39 is 8.24 Å². The fraction of sp³-hybridized carbons (Fsp3) is 0.238. The van der Waals surface area contributed by atoms with Crippen molar-refractivity contribution in [3.63, 3.8) is 0 Å². The van der Waals surface area contributed by atoms with Gasteiger partial charge in [-0.15, -0.1) is 0 Å². The van der Waals surface area contributed by atoms with Crippen molar-refractivity contribution in [3.8, 4) is 0 Å². The molecule has 0 N–H and O–H groups in total. The molecule has 3 nitrogen and oxygen atoms in total. The summed E-state index contributed by atoms with van der Waals surface area (Å²) in [5.41, 5.74) is 0. The fourth-order valence-electron chi connectivity index (χ4n) is 4.19. The molecule has 0 saturated carbocycles. The minimum absolute atomic E-state index is 0.0150. The number of fused-ring (bicyclic) bond motifs is 1. The van der Waals surface area contributed by atoms with Gasteiger partial charge in [-0.2, -0.15) is 0 Å². The predicted molar refractivity (Wildman–Crippen MR) is 101 cm³/mol. The first-order chi connectivity index (χ1) is 12.1. The second-order valence-corrected chi connectivity index (χ2v) is 10.7. The Balaban J connectivity index is 1.88. The van der Waals surface area contributed by atoms with Crippen molar-refractivity contribution in [1.29, 1.82) is 0 Å². The predicted octanol–water partition coefficient (Wildman–Crippen LogP) is 2.33. The Bertz CT molecular complexity index is 766. The molecule has 1 aliphatic heterocycles. The number of hydrogen-bond acceptors (Lipinski definition) is 2. The zero-order valence-corrected chi connectivity index (χ0v) is 15.3. The number of nitrogens with zero attached hydrogens (tertiary/aromatic N) is 1. The van der Waals surface area contributed by atoms with Crippen molar-refractivity contribution in [2.45, 2.75) is 19.4 Å². The first kappa shape index (κ1) is 16.0. The van der Waals surface area contributed by atoms with Crippen LogP contribution in [0.3, 0.4) is 0 Å². The van der Waals surface area contributed by atoms with Gasteiger partial charge in [0, 0.05) is 0 Å². The molecule has 4 heteroatoms. The second-order valence-electron chi connectivity index (χ2n) is 6.97. The Morgan fingerprint density at radius 2 is 1.16 bits per heavy atom. The number of carbonyl (C=O) groups is 2. The van der Waals surface area contributed by atoms with Crippen LogP contribution in [0.1, 0.15) is 12.8 Å². The number of benzene rings is 2. The van der Waals surface area contributed by atoms with Crippen LogP contribution in [0.15, 0.2) is 72.8 Å². The van der Waals surface area contributed by atoms with Gasteiger partial charge >= 0.3 is 0 Å². The normalized spacial score (nSPS) is 23.0. The highest BCUT2D eigenvalue weighted by Gasteiger charge is 2.55. The second kappa shape index (κ2) is 6.12. The number of hydrogen-bond donors (Lipinski definition) is 0. The zero-order chi connectivity index (χ0) is 17.4. The lowest BCUT2D eigenvalue weighted by atomic mass is 9.85. The fourth-order valence-corrected chi connectivity index (χ4v) is 7.94. The topological polar surface area (TPSA) is 37.4 Å². The van der Waals surface area contributed by atoms with Gasteiger partial charge < -0.3 is 4.57 Å². The van der Waals surface area contributed by atoms with Crippen LogP contribution in [0, 0.1) is 11.8 Å². The van der Waals surface area contributed by atoms with Crippen LogP contribution in [-0.4, -0.2) is 24.6 Å². The van der Waals surface area contributed by atoms with Crippen molar-refractivity contribution in [2.75, 3.05) is 0 Å². The molecule has 1 heterocycles. The summed E-state index contributed by atoms with van der Waals surface area (Å²) in [5.74, 6) is -0.337. The number of imide groups is 1. The molecule has 2 aromatic rings. The molecule has 0 radical (unpaired) electrons. The first-order valence-corrected chi connectivity index (χ1v) is 11.2. The van der Waals surface area contributed by atoms with Gasteiger partial charge in [0.15, 0.2) is 0 Å². The molecule has 2 atom stereocenters. The molecule has 1 saturated heterocycles. The van der Waals surface area contributed by atoms with Crippen molar-refractivity contribution >= 4 is 30.4 Å². The minimum atomic E-state index is -2.68. The van der Waals surface area contributed by atoms with Crippen molar-refractivity contribution in [3.05, 3.63) is 72.8 Å². The summed E-state index contributed by atoms with van der Waals surface area (Å²) < 4.78 is 1.67. The van der Waals surface area contributed by atoms with Gasteiger partial charge in [-0.25, -0.2) is 0 Å². The molecule has 1 aliphatic carbocycles. The zero-order valence-electron chi connectivity index (χ0n) is 14.3. The molecule has 25 heavy (non-hydrogen) atoms. The van der Waals surface area contributed by atoms with Gasteiger partial charge in [-0.05, 0) is 29.8 Å². The summed E-state index contributed by atoms with van der Waals surface area (Å²) in [6.07, 6.45) is 5.44. The number of allylic oxidation sites excluding steroid dienone is 2. The minimum Gasteiger partial charge on any atom is -0.302 e. The van der Waals surface area contributed by atoms with E-state index in [2.05, 4.69) is 30.8 Å². The molecule has 126 valence electrons. The van der Waals surface area contributed by atoms with Crippen molar-refractivity contribution < 1.29 is 9.59 Å². The monoisotopic (exact) mass is 347 g/mol. The Kier molecular flexibility index (Phi) is 3.92. The Hall–Kier alpha value is -2.46. The largest absolute Gasteiger partial charge is 0.302 e. The lowest BCUT2D eigenvalue weighted by Gasteiger charge is -2.36. The van der Waals surface area contributed by atoms with E-state index in [1.165, 1.54) is 0 Å². The number of carbonyl (C=O) groups excluding carboxylic acids is 2. The molecule has 2 aromatic carbocycles. The quantitative estimate of drug-likeness (QED) is 0.485. The molecule has 2 aliphatic rings. The summed E-state index contributed by atoms with van der Waals surface area (Å²) >= 11 is 0. The van der Waals surface area contributed by atoms with Gasteiger partial charge in [-0.3, -0.25) is 9.59 Å². The van der Waals surface area contributed by atoms with E-state index in [0.717, 1.165) is 10.4 Å². The maximum absolute atomic E-state index is 13.2. The standard InChI is InChI=1S/C21H21NO2Si/c1-25(16-10-4-2-5-11-16,17-12-6-3-7-13-17)22-20(23)18-14-8-9-15-19(18)21(22)24/h2-13,18-19H,14-15H2,1H3. The van der Waals surface area contributed by atoms with Gasteiger partial charge in [0.1, 0.15) is 0 Å². The van der Waals surface area contributed by atoms with Crippen LogP contribution in [0.4, 0.5) is 0 Å². The van der Waals surface area contributed by atoms with Crippen LogP contribution in [0.5, 0.6) is 0 Å². The third kappa shape index (κ3) is 2.40. The average molecular weight is 347 g/mol. The molecule has 0 spiro atoms. The molecular formula is C21H21NO2Si. The highest BCUT2D eigenvalue weighted by molar-refractivity contribution is 7.02. The van der Waals surface area contributed by atoms with Gasteiger partial charge in [0.2, 0.25) is 20.0 Å². The van der Waals surface area contributed by atoms with Crippen molar-refractivity contribution in [1.82, 2.24) is 4.57 Å². The van der Waals surface area contributed by atoms with E-state index in [1.807, 2.05) is 48.6 Å². The maximum atomic E-state index is 13.2. The van der Waals surface area contributed by atoms with E-state index in [1.54, 1.807) is 4.57 Å². The third-order valence-electron chi connectivity index (χ3n) is 5.63. The molecule has 2 unspecified atom stereocenters. The first-order valence-electron chi connectivity index (χ1n) is 8.78. The summed E-state index contributed by atoms with van der Waals surface area (Å²) in [5, 5.41) is 2.18. The van der Waals surface area contributed by atoms with E-state index in [9.17, 15) is 9.59 Å². The van der Waals surface area contributed by atoms with Crippen molar-refractivity contribution in [2.24, 2.45) is 11.8 Å². The van der Waals surface area contributed by atoms with E-state index in [0.29, 0.717) is 12.8 Å². The van der Waals surface area contributed by atoms with Gasteiger partial charge in [0.05, 0.1) is 11.8 Å². The molecule has 4 rings (SSSR count). The van der Waals surface area contributed by atoms with Gasteiger partial charge in [-0.1, -0.05) is 72.8 Å². The third-order valence-corrected chi connectivity index (χ3v) is 9.88. The SMILES string of the molecule is C[Si](c1ccccc1)(c1ccccc1)N1C(=O)C2CC=CCC2C1=O. The molecule has 2 amide bonds.